The van der Waals surface area contributed by atoms with E-state index in [4.69, 9.17) is 4.42 Å². The summed E-state index contributed by atoms with van der Waals surface area (Å²) in [6.07, 6.45) is 0. The Morgan fingerprint density at radius 3 is 2.20 bits per heavy atom. The minimum atomic E-state index is -0.102. The molecule has 0 fully saturated rings. The van der Waals surface area contributed by atoms with Crippen LogP contribution >= 0.6 is 0 Å². The Hall–Kier alpha value is -2.23. The molecule has 0 saturated heterocycles. The predicted molar refractivity (Wildman–Crippen MR) is 80.0 cm³/mol. The highest BCUT2D eigenvalue weighted by Crippen LogP contribution is 2.15. The van der Waals surface area contributed by atoms with Crippen LogP contribution in [-0.4, -0.2) is 32.0 Å². The van der Waals surface area contributed by atoms with Crippen LogP contribution in [0, 0.1) is 6.92 Å². The van der Waals surface area contributed by atoms with Gasteiger partial charge in [0.25, 0.3) is 5.91 Å². The van der Waals surface area contributed by atoms with Crippen molar-refractivity contribution in [2.24, 2.45) is 0 Å². The zero-order valence-corrected chi connectivity index (χ0v) is 12.4. The van der Waals surface area contributed by atoms with Crippen LogP contribution in [0.2, 0.25) is 0 Å². The first-order chi connectivity index (χ1) is 9.47. The van der Waals surface area contributed by atoms with Crippen molar-refractivity contribution < 1.29 is 9.21 Å². The topological polar surface area (TPSA) is 36.7 Å². The summed E-state index contributed by atoms with van der Waals surface area (Å²) in [6.45, 7) is 2.39. The van der Waals surface area contributed by atoms with E-state index in [0.717, 1.165) is 17.0 Å². The first kappa shape index (κ1) is 14.2. The van der Waals surface area contributed by atoms with Gasteiger partial charge >= 0.3 is 0 Å². The lowest BCUT2D eigenvalue weighted by atomic mass is 10.2. The molecule has 1 amide bonds. The zero-order chi connectivity index (χ0) is 14.7. The molecular formula is C16H20N2O2. The van der Waals surface area contributed by atoms with E-state index in [1.165, 1.54) is 0 Å². The number of furan rings is 1. The summed E-state index contributed by atoms with van der Waals surface area (Å²) in [5, 5.41) is 0. The van der Waals surface area contributed by atoms with Gasteiger partial charge in [-0.2, -0.15) is 0 Å². The number of hydrogen-bond acceptors (Lipinski definition) is 3. The molecule has 0 radical (unpaired) electrons. The first-order valence-corrected chi connectivity index (χ1v) is 6.55. The maximum Gasteiger partial charge on any atom is 0.289 e. The van der Waals surface area contributed by atoms with E-state index in [9.17, 15) is 4.79 Å². The number of carbonyl (C=O) groups excluding carboxylic acids is 1. The maximum absolute atomic E-state index is 12.2. The molecule has 4 heteroatoms. The summed E-state index contributed by atoms with van der Waals surface area (Å²) in [6, 6.07) is 11.7. The van der Waals surface area contributed by atoms with E-state index in [-0.39, 0.29) is 5.91 Å². The number of nitrogens with zero attached hydrogens (tertiary/aromatic N) is 2. The Morgan fingerprint density at radius 1 is 1.05 bits per heavy atom. The molecule has 0 aliphatic rings. The van der Waals surface area contributed by atoms with Gasteiger partial charge in [0.05, 0.1) is 0 Å². The van der Waals surface area contributed by atoms with Crippen molar-refractivity contribution in [1.29, 1.82) is 0 Å². The molecule has 1 aromatic heterocycles. The van der Waals surface area contributed by atoms with Crippen molar-refractivity contribution in [2.75, 3.05) is 26.0 Å². The van der Waals surface area contributed by atoms with Gasteiger partial charge in [-0.15, -0.1) is 0 Å². The molecule has 2 rings (SSSR count). The van der Waals surface area contributed by atoms with Crippen LogP contribution in [0.5, 0.6) is 0 Å². The molecule has 1 aromatic carbocycles. The highest BCUT2D eigenvalue weighted by atomic mass is 16.3. The van der Waals surface area contributed by atoms with Gasteiger partial charge in [0, 0.05) is 33.4 Å². The highest BCUT2D eigenvalue weighted by molar-refractivity contribution is 5.91. The average Bonchev–Trinajstić information content (AvgIpc) is 2.85. The van der Waals surface area contributed by atoms with Gasteiger partial charge < -0.3 is 14.2 Å². The number of carbonyl (C=O) groups is 1. The Labute approximate surface area is 119 Å². The van der Waals surface area contributed by atoms with Crippen molar-refractivity contribution in [3.63, 3.8) is 0 Å². The molecule has 0 atom stereocenters. The molecule has 0 bridgehead atoms. The minimum Gasteiger partial charge on any atom is -0.456 e. The van der Waals surface area contributed by atoms with Crippen molar-refractivity contribution in [2.45, 2.75) is 13.5 Å². The van der Waals surface area contributed by atoms with Crippen LogP contribution in [0.15, 0.2) is 40.8 Å². The van der Waals surface area contributed by atoms with Crippen molar-refractivity contribution >= 4 is 11.6 Å². The van der Waals surface area contributed by atoms with Crippen molar-refractivity contribution in [3.05, 3.63) is 53.5 Å². The SMILES string of the molecule is Cc1ccc(C(=O)N(C)Cc2ccc(N(C)C)cc2)o1. The zero-order valence-electron chi connectivity index (χ0n) is 12.4. The van der Waals surface area contributed by atoms with Gasteiger partial charge in [0.2, 0.25) is 0 Å². The number of hydrogen-bond donors (Lipinski definition) is 0. The molecule has 0 aliphatic heterocycles. The summed E-state index contributed by atoms with van der Waals surface area (Å²) in [4.78, 5) is 15.9. The van der Waals surface area contributed by atoms with E-state index in [1.54, 1.807) is 24.1 Å². The second-order valence-corrected chi connectivity index (χ2v) is 5.13. The van der Waals surface area contributed by atoms with Gasteiger partial charge in [-0.3, -0.25) is 4.79 Å². The quantitative estimate of drug-likeness (QED) is 0.858. The molecule has 2 aromatic rings. The average molecular weight is 272 g/mol. The molecule has 0 saturated carbocycles. The molecule has 4 nitrogen and oxygen atoms in total. The summed E-state index contributed by atoms with van der Waals surface area (Å²) in [7, 11) is 5.79. The van der Waals surface area contributed by atoms with Crippen LogP contribution in [0.3, 0.4) is 0 Å². The molecule has 0 N–H and O–H groups in total. The molecule has 0 aliphatic carbocycles. The predicted octanol–water partition coefficient (Wildman–Crippen LogP) is 2.93. The lowest BCUT2D eigenvalue weighted by Crippen LogP contribution is -2.25. The Kier molecular flexibility index (Phi) is 4.13. The highest BCUT2D eigenvalue weighted by Gasteiger charge is 2.15. The minimum absolute atomic E-state index is 0.102. The van der Waals surface area contributed by atoms with Gasteiger partial charge in [-0.05, 0) is 36.8 Å². The number of aryl methyl sites for hydroxylation is 1. The standard InChI is InChI=1S/C16H20N2O2/c1-12-5-10-15(20-12)16(19)18(4)11-13-6-8-14(9-7-13)17(2)3/h5-10H,11H2,1-4H3. The first-order valence-electron chi connectivity index (χ1n) is 6.55. The Bertz CT molecular complexity index is 585. The normalized spacial score (nSPS) is 10.4. The molecular weight excluding hydrogens is 252 g/mol. The lowest BCUT2D eigenvalue weighted by molar-refractivity contribution is 0.0752. The fourth-order valence-corrected chi connectivity index (χ4v) is 1.98. The lowest BCUT2D eigenvalue weighted by Gasteiger charge is -2.17. The number of benzene rings is 1. The van der Waals surface area contributed by atoms with Crippen molar-refractivity contribution in [1.82, 2.24) is 4.90 Å². The monoisotopic (exact) mass is 272 g/mol. The summed E-state index contributed by atoms with van der Waals surface area (Å²) >= 11 is 0. The van der Waals surface area contributed by atoms with Crippen LogP contribution in [-0.2, 0) is 6.54 Å². The number of rotatable bonds is 4. The third kappa shape index (κ3) is 3.20. The van der Waals surface area contributed by atoms with E-state index in [0.29, 0.717) is 12.3 Å². The van der Waals surface area contributed by atoms with Crippen LogP contribution in [0.1, 0.15) is 21.9 Å². The smallest absolute Gasteiger partial charge is 0.289 e. The largest absolute Gasteiger partial charge is 0.456 e. The van der Waals surface area contributed by atoms with Crippen LogP contribution in [0.4, 0.5) is 5.69 Å². The summed E-state index contributed by atoms with van der Waals surface area (Å²) in [5.74, 6) is 1.03. The fourth-order valence-electron chi connectivity index (χ4n) is 1.98. The molecule has 20 heavy (non-hydrogen) atoms. The van der Waals surface area contributed by atoms with Gasteiger partial charge in [-0.1, -0.05) is 12.1 Å². The Morgan fingerprint density at radius 2 is 1.70 bits per heavy atom. The van der Waals surface area contributed by atoms with E-state index >= 15 is 0 Å². The maximum atomic E-state index is 12.2. The molecule has 0 unspecified atom stereocenters. The third-order valence-electron chi connectivity index (χ3n) is 3.17. The molecule has 1 heterocycles. The number of amides is 1. The fraction of sp³-hybridized carbons (Fsp3) is 0.312. The van der Waals surface area contributed by atoms with Crippen LogP contribution < -0.4 is 4.90 Å². The Balaban J connectivity index is 2.03. The van der Waals surface area contributed by atoms with Crippen molar-refractivity contribution in [3.8, 4) is 0 Å². The summed E-state index contributed by atoms with van der Waals surface area (Å²) in [5.41, 5.74) is 2.24. The van der Waals surface area contributed by atoms with E-state index in [1.807, 2.05) is 50.2 Å². The van der Waals surface area contributed by atoms with Crippen LogP contribution in [0.25, 0.3) is 0 Å². The van der Waals surface area contributed by atoms with E-state index in [2.05, 4.69) is 0 Å². The second-order valence-electron chi connectivity index (χ2n) is 5.13. The second kappa shape index (κ2) is 5.82. The van der Waals surface area contributed by atoms with Gasteiger partial charge in [-0.25, -0.2) is 0 Å². The van der Waals surface area contributed by atoms with Gasteiger partial charge in [0.1, 0.15) is 5.76 Å². The molecule has 106 valence electrons. The van der Waals surface area contributed by atoms with E-state index < -0.39 is 0 Å². The van der Waals surface area contributed by atoms with Gasteiger partial charge in [0.15, 0.2) is 5.76 Å². The summed E-state index contributed by atoms with van der Waals surface area (Å²) < 4.78 is 5.36. The molecule has 0 spiro atoms. The number of anilines is 1. The third-order valence-corrected chi connectivity index (χ3v) is 3.17.